The van der Waals surface area contributed by atoms with Gasteiger partial charge in [-0.15, -0.1) is 0 Å². The van der Waals surface area contributed by atoms with Gasteiger partial charge in [0.05, 0.1) is 18.3 Å². The van der Waals surface area contributed by atoms with Crippen molar-refractivity contribution in [1.82, 2.24) is 10.6 Å². The number of rotatable bonds is 9. The third-order valence-electron chi connectivity index (χ3n) is 8.07. The van der Waals surface area contributed by atoms with E-state index in [1.807, 2.05) is 59.5 Å². The zero-order valence-electron chi connectivity index (χ0n) is 25.3. The number of amides is 3. The number of carbonyl (C=O) groups is 2. The molecule has 0 unspecified atom stereocenters. The minimum Gasteiger partial charge on any atom is -0.455 e. The van der Waals surface area contributed by atoms with E-state index in [0.717, 1.165) is 41.6 Å². The van der Waals surface area contributed by atoms with Crippen LogP contribution in [0.2, 0.25) is 0 Å². The molecule has 7 heteroatoms. The van der Waals surface area contributed by atoms with Gasteiger partial charge in [0.2, 0.25) is 5.91 Å². The Balaban J connectivity index is 1.39. The molecule has 222 valence electrons. The fraction of sp³-hybridized carbons (Fsp3) is 0.278. The van der Waals surface area contributed by atoms with Crippen molar-refractivity contribution in [2.45, 2.75) is 58.2 Å². The predicted molar refractivity (Wildman–Crippen MR) is 174 cm³/mol. The fourth-order valence-corrected chi connectivity index (χ4v) is 5.32. The van der Waals surface area contributed by atoms with Crippen molar-refractivity contribution in [1.29, 1.82) is 0 Å². The maximum Gasteiger partial charge on any atom is 0.319 e. The first-order valence-corrected chi connectivity index (χ1v) is 14.9. The number of para-hydroxylation sites is 4. The normalized spacial score (nSPS) is 14.9. The van der Waals surface area contributed by atoms with Gasteiger partial charge in [0.25, 0.3) is 0 Å². The molecule has 7 nitrogen and oxygen atoms in total. The molecule has 4 aromatic rings. The molecule has 1 aliphatic heterocycles. The largest absolute Gasteiger partial charge is 0.455 e. The van der Waals surface area contributed by atoms with Gasteiger partial charge in [0.1, 0.15) is 5.75 Å². The van der Waals surface area contributed by atoms with Crippen molar-refractivity contribution in [2.75, 3.05) is 17.3 Å². The van der Waals surface area contributed by atoms with Crippen LogP contribution in [-0.2, 0) is 17.8 Å². The Hall–Kier alpha value is -4.62. The van der Waals surface area contributed by atoms with Gasteiger partial charge in [-0.05, 0) is 74.1 Å². The zero-order valence-corrected chi connectivity index (χ0v) is 25.3. The van der Waals surface area contributed by atoms with E-state index in [9.17, 15) is 9.59 Å². The molecule has 43 heavy (non-hydrogen) atoms. The average Bonchev–Trinajstić information content (AvgIpc) is 3.15. The summed E-state index contributed by atoms with van der Waals surface area (Å²) in [5.41, 5.74) is 5.58. The van der Waals surface area contributed by atoms with Gasteiger partial charge < -0.3 is 25.6 Å². The lowest BCUT2D eigenvalue weighted by Crippen LogP contribution is -2.53. The van der Waals surface area contributed by atoms with E-state index in [0.29, 0.717) is 23.7 Å². The Labute approximate surface area is 254 Å². The summed E-state index contributed by atoms with van der Waals surface area (Å²) in [5, 5.41) is 9.00. The van der Waals surface area contributed by atoms with Gasteiger partial charge in [0, 0.05) is 23.8 Å². The second-order valence-corrected chi connectivity index (χ2v) is 11.5. The molecule has 0 spiro atoms. The number of anilines is 2. The van der Waals surface area contributed by atoms with Crippen LogP contribution in [0, 0.1) is 0 Å². The van der Waals surface area contributed by atoms with Crippen molar-refractivity contribution < 1.29 is 14.3 Å². The Kier molecular flexibility index (Phi) is 9.12. The van der Waals surface area contributed by atoms with Crippen LogP contribution in [0.3, 0.4) is 0 Å². The van der Waals surface area contributed by atoms with E-state index in [4.69, 9.17) is 4.74 Å². The second-order valence-electron chi connectivity index (χ2n) is 11.5. The lowest BCUT2D eigenvalue weighted by Gasteiger charge is -2.32. The molecule has 0 aliphatic carbocycles. The summed E-state index contributed by atoms with van der Waals surface area (Å²) in [5.74, 6) is 1.33. The van der Waals surface area contributed by atoms with Gasteiger partial charge >= 0.3 is 6.03 Å². The quantitative estimate of drug-likeness (QED) is 0.192. The lowest BCUT2D eigenvalue weighted by molar-refractivity contribution is -0.121. The monoisotopic (exact) mass is 576 g/mol. The average molecular weight is 577 g/mol. The summed E-state index contributed by atoms with van der Waals surface area (Å²) in [6.07, 6.45) is 2.56. The van der Waals surface area contributed by atoms with Crippen molar-refractivity contribution in [3.05, 3.63) is 108 Å². The molecule has 0 saturated carbocycles. The highest BCUT2D eigenvalue weighted by Gasteiger charge is 2.33. The molecule has 5 rings (SSSR count). The van der Waals surface area contributed by atoms with Crippen molar-refractivity contribution in [3.8, 4) is 22.6 Å². The molecule has 1 atom stereocenters. The summed E-state index contributed by atoms with van der Waals surface area (Å²) >= 11 is 0. The molecule has 3 amide bonds. The van der Waals surface area contributed by atoms with Crippen LogP contribution in [0.25, 0.3) is 11.1 Å². The number of nitrogens with one attached hydrogen (secondary N) is 3. The van der Waals surface area contributed by atoms with Crippen LogP contribution in [-0.4, -0.2) is 30.6 Å². The SMILES string of the molecule is CCC(C)(C)N[C@@H]1CCc2ccccc2N(Cc2ccc(-c3ccccc3Oc3ccccc3NC(=O)NC)cc2)C1=O. The number of urea groups is 1. The summed E-state index contributed by atoms with van der Waals surface area (Å²) < 4.78 is 6.32. The Morgan fingerprint density at radius 3 is 2.33 bits per heavy atom. The van der Waals surface area contributed by atoms with Crippen LogP contribution in [0.1, 0.15) is 44.7 Å². The molecule has 1 heterocycles. The number of benzene rings is 4. The molecule has 4 aromatic carbocycles. The van der Waals surface area contributed by atoms with Crippen LogP contribution in [0.4, 0.5) is 16.2 Å². The van der Waals surface area contributed by atoms with Crippen LogP contribution in [0.15, 0.2) is 97.1 Å². The molecular weight excluding hydrogens is 536 g/mol. The number of aryl methyl sites for hydroxylation is 1. The first-order chi connectivity index (χ1) is 20.8. The molecule has 1 aliphatic rings. The summed E-state index contributed by atoms with van der Waals surface area (Å²) in [4.78, 5) is 27.8. The minimum atomic E-state index is -0.318. The Morgan fingerprint density at radius 2 is 1.58 bits per heavy atom. The van der Waals surface area contributed by atoms with E-state index in [1.165, 1.54) is 5.56 Å². The zero-order chi connectivity index (χ0) is 30.4. The number of hydrogen-bond acceptors (Lipinski definition) is 4. The fourth-order valence-electron chi connectivity index (χ4n) is 5.32. The molecule has 0 radical (unpaired) electrons. The van der Waals surface area contributed by atoms with E-state index in [1.54, 1.807) is 13.1 Å². The standard InChI is InChI=1S/C36H40N4O3/c1-5-36(2,3)39-30-23-22-27-12-6-9-15-31(27)40(34(30)41)24-25-18-20-26(21-19-25)28-13-7-10-16-32(28)43-33-17-11-8-14-29(33)38-35(42)37-4/h6-21,30,39H,5,22-24H2,1-4H3,(H2,37,38,42)/t30-/m1/s1. The summed E-state index contributed by atoms with van der Waals surface area (Å²) in [6, 6.07) is 31.1. The van der Waals surface area contributed by atoms with Gasteiger partial charge in [0.15, 0.2) is 5.75 Å². The maximum atomic E-state index is 13.9. The van der Waals surface area contributed by atoms with E-state index in [-0.39, 0.29) is 23.5 Å². The number of fused-ring (bicyclic) bond motifs is 1. The van der Waals surface area contributed by atoms with Gasteiger partial charge in [-0.25, -0.2) is 4.79 Å². The van der Waals surface area contributed by atoms with Crippen molar-refractivity contribution in [3.63, 3.8) is 0 Å². The summed E-state index contributed by atoms with van der Waals surface area (Å²) in [7, 11) is 1.57. The first kappa shape index (κ1) is 29.9. The smallest absolute Gasteiger partial charge is 0.319 e. The Bertz CT molecular complexity index is 1580. The molecule has 3 N–H and O–H groups in total. The Morgan fingerprint density at radius 1 is 0.907 bits per heavy atom. The molecular formula is C36H40N4O3. The lowest BCUT2D eigenvalue weighted by atomic mass is 9.98. The van der Waals surface area contributed by atoms with Crippen LogP contribution in [0.5, 0.6) is 11.5 Å². The number of nitrogens with zero attached hydrogens (tertiary/aromatic N) is 1. The van der Waals surface area contributed by atoms with Crippen LogP contribution < -0.4 is 25.6 Å². The highest BCUT2D eigenvalue weighted by molar-refractivity contribution is 5.98. The van der Waals surface area contributed by atoms with Gasteiger partial charge in [-0.1, -0.05) is 79.7 Å². The van der Waals surface area contributed by atoms with E-state index >= 15 is 0 Å². The molecule has 0 aromatic heterocycles. The van der Waals surface area contributed by atoms with E-state index < -0.39 is 0 Å². The van der Waals surface area contributed by atoms with Crippen LogP contribution >= 0.6 is 0 Å². The third kappa shape index (κ3) is 7.07. The van der Waals surface area contributed by atoms with Crippen molar-refractivity contribution in [2.24, 2.45) is 0 Å². The maximum absolute atomic E-state index is 13.9. The highest BCUT2D eigenvalue weighted by atomic mass is 16.5. The number of ether oxygens (including phenoxy) is 1. The van der Waals surface area contributed by atoms with Gasteiger partial charge in [-0.3, -0.25) is 4.79 Å². The van der Waals surface area contributed by atoms with Gasteiger partial charge in [-0.2, -0.15) is 0 Å². The number of carbonyl (C=O) groups excluding carboxylic acids is 2. The first-order valence-electron chi connectivity index (χ1n) is 14.9. The number of hydrogen-bond donors (Lipinski definition) is 3. The summed E-state index contributed by atoms with van der Waals surface area (Å²) in [6.45, 7) is 6.93. The molecule has 0 bridgehead atoms. The van der Waals surface area contributed by atoms with Crippen molar-refractivity contribution >= 4 is 23.3 Å². The highest BCUT2D eigenvalue weighted by Crippen LogP contribution is 2.37. The topological polar surface area (TPSA) is 82.7 Å². The molecule has 0 fully saturated rings. The predicted octanol–water partition coefficient (Wildman–Crippen LogP) is 7.52. The third-order valence-corrected chi connectivity index (χ3v) is 8.07. The van der Waals surface area contributed by atoms with E-state index in [2.05, 4.69) is 73.1 Å². The second kappa shape index (κ2) is 13.1. The molecule has 0 saturated heterocycles. The minimum absolute atomic E-state index is 0.110.